The van der Waals surface area contributed by atoms with Crippen molar-refractivity contribution in [1.82, 2.24) is 0 Å². The third-order valence-corrected chi connectivity index (χ3v) is 0.111. The van der Waals surface area contributed by atoms with Crippen molar-refractivity contribution < 1.29 is 1.43 Å². The number of hydrogen-bond donors (Lipinski definition) is 0. The van der Waals surface area contributed by atoms with Gasteiger partial charge in [0.25, 0.3) is 0 Å². The van der Waals surface area contributed by atoms with Gasteiger partial charge in [-0.1, -0.05) is 6.58 Å². The van der Waals surface area contributed by atoms with Gasteiger partial charge in [0.1, 0.15) is 0 Å². The molecule has 0 spiro atoms. The van der Waals surface area contributed by atoms with Crippen molar-refractivity contribution in [2.45, 2.75) is 0 Å². The van der Waals surface area contributed by atoms with E-state index in [-0.39, 0.29) is 18.8 Å². The number of hydrogen-bond acceptors (Lipinski definition) is 0. The maximum atomic E-state index is 4.72. The standard InChI is InChI=1S/C4H4.Al.H2/c1-3-4-2;;/h1-4H;;1H. The molecule has 0 nitrogen and oxygen atoms in total. The Balaban J connectivity index is -0.0000000450. The number of rotatable bonds is 1. The van der Waals surface area contributed by atoms with Gasteiger partial charge in [-0.25, -0.2) is 0 Å². The van der Waals surface area contributed by atoms with Gasteiger partial charge in [0, 0.05) is 24.9 Å². The first-order valence-electron chi connectivity index (χ1n) is 1.00. The summed E-state index contributed by atoms with van der Waals surface area (Å²) in [4.78, 5) is 0. The molecule has 0 fully saturated rings. The first-order chi connectivity index (χ1) is 1.91. The summed E-state index contributed by atoms with van der Waals surface area (Å²) in [5, 5.41) is 0. The van der Waals surface area contributed by atoms with Crippen LogP contribution in [0.25, 0.3) is 0 Å². The highest BCUT2D eigenvalue weighted by atomic mass is 27.0. The molecule has 3 radical (unpaired) electrons. The third kappa shape index (κ3) is 17.0. The molecule has 0 unspecified atom stereocenters. The molecule has 0 saturated heterocycles. The van der Waals surface area contributed by atoms with Gasteiger partial charge in [-0.15, -0.1) is 6.08 Å². The van der Waals surface area contributed by atoms with E-state index in [4.69, 9.17) is 13.2 Å². The average molecular weight is 81.1 g/mol. The zero-order valence-electron chi connectivity index (χ0n) is 2.89. The molecule has 0 heterocycles. The Hall–Kier alpha value is -0.0775. The molecule has 0 aromatic heterocycles. The maximum Gasteiger partial charge on any atom is 0.00639 e. The zero-order chi connectivity index (χ0) is 3.41. The second-order valence-corrected chi connectivity index (χ2v) is 0.385. The molecule has 0 saturated carbocycles. The average Bonchev–Trinajstić information content (AvgIpc) is 1.37. The van der Waals surface area contributed by atoms with E-state index in [0.29, 0.717) is 0 Å². The molecular formula is C4H6Al. The lowest BCUT2D eigenvalue weighted by Gasteiger charge is -1.43. The van der Waals surface area contributed by atoms with Crippen molar-refractivity contribution in [3.63, 3.8) is 0 Å². The fourth-order valence-corrected chi connectivity index (χ4v) is 0. The lowest BCUT2D eigenvalue weighted by molar-refractivity contribution is 2.08. The van der Waals surface area contributed by atoms with Crippen LogP contribution in [0.4, 0.5) is 0 Å². The SMILES string of the molecule is [Al].[CH+]=CC=[CH-].[HH]. The summed E-state index contributed by atoms with van der Waals surface area (Å²) >= 11 is 0. The van der Waals surface area contributed by atoms with Gasteiger partial charge in [0.2, 0.25) is 0 Å². The topological polar surface area (TPSA) is 0 Å². The van der Waals surface area contributed by atoms with Crippen LogP contribution in [0.5, 0.6) is 0 Å². The van der Waals surface area contributed by atoms with Gasteiger partial charge >= 0.3 is 0 Å². The highest BCUT2D eigenvalue weighted by Gasteiger charge is 1.31. The van der Waals surface area contributed by atoms with Crippen molar-refractivity contribution in [2.24, 2.45) is 0 Å². The molecular weight excluding hydrogens is 75.0 g/mol. The van der Waals surface area contributed by atoms with E-state index in [1.54, 1.807) is 0 Å². The van der Waals surface area contributed by atoms with Crippen molar-refractivity contribution in [1.29, 1.82) is 0 Å². The zero-order valence-corrected chi connectivity index (χ0v) is 4.04. The first-order valence-corrected chi connectivity index (χ1v) is 1.00. The van der Waals surface area contributed by atoms with Gasteiger partial charge < -0.3 is 0 Å². The van der Waals surface area contributed by atoms with E-state index in [0.717, 1.165) is 0 Å². The van der Waals surface area contributed by atoms with E-state index in [9.17, 15) is 0 Å². The van der Waals surface area contributed by atoms with Crippen molar-refractivity contribution in [3.05, 3.63) is 25.3 Å². The van der Waals surface area contributed by atoms with Crippen LogP contribution < -0.4 is 0 Å². The molecule has 0 amide bonds. The van der Waals surface area contributed by atoms with Crippen LogP contribution in [0.2, 0.25) is 0 Å². The summed E-state index contributed by atoms with van der Waals surface area (Å²) in [7, 11) is 0. The largest absolute Gasteiger partial charge is 0.187 e. The van der Waals surface area contributed by atoms with E-state index in [2.05, 4.69) is 0 Å². The van der Waals surface area contributed by atoms with Crippen molar-refractivity contribution in [2.75, 3.05) is 0 Å². The molecule has 0 rings (SSSR count). The Morgan fingerprint density at radius 3 is 2.00 bits per heavy atom. The maximum absolute atomic E-state index is 4.72. The summed E-state index contributed by atoms with van der Waals surface area (Å²) < 4.78 is 0. The van der Waals surface area contributed by atoms with Crippen LogP contribution in [0, 0.1) is 13.2 Å². The summed E-state index contributed by atoms with van der Waals surface area (Å²) in [6.45, 7) is 9.44. The van der Waals surface area contributed by atoms with E-state index >= 15 is 0 Å². The van der Waals surface area contributed by atoms with Gasteiger partial charge in [0.05, 0.1) is 0 Å². The van der Waals surface area contributed by atoms with Gasteiger partial charge in [-0.05, 0) is 0 Å². The molecule has 0 aliphatic rings. The monoisotopic (exact) mass is 81.0 g/mol. The Morgan fingerprint density at radius 2 is 2.00 bits per heavy atom. The Kier molecular flexibility index (Phi) is 16.1. The minimum Gasteiger partial charge on any atom is -0.187 e. The lowest BCUT2D eigenvalue weighted by atomic mass is 10.6. The van der Waals surface area contributed by atoms with Gasteiger partial charge in [0.15, 0.2) is 0 Å². The molecule has 0 bridgehead atoms. The molecule has 0 aliphatic carbocycles. The molecule has 25 valence electrons. The van der Waals surface area contributed by atoms with Crippen LogP contribution in [0.3, 0.4) is 0 Å². The smallest absolute Gasteiger partial charge is 0.00639 e. The molecule has 5 heavy (non-hydrogen) atoms. The van der Waals surface area contributed by atoms with Crippen LogP contribution in [-0.4, -0.2) is 17.4 Å². The fraction of sp³-hybridized carbons (Fsp3) is 0. The van der Waals surface area contributed by atoms with Crippen LogP contribution in [0.1, 0.15) is 1.43 Å². The lowest BCUT2D eigenvalue weighted by Crippen LogP contribution is -1.23. The van der Waals surface area contributed by atoms with Crippen molar-refractivity contribution >= 4 is 17.4 Å². The molecule has 0 atom stereocenters. The summed E-state index contributed by atoms with van der Waals surface area (Å²) in [6, 6.07) is 0. The Labute approximate surface area is 44.8 Å². The predicted molar refractivity (Wildman–Crippen MR) is 25.6 cm³/mol. The minimum atomic E-state index is 0. The molecule has 0 aromatic rings. The molecule has 0 aliphatic heterocycles. The quantitative estimate of drug-likeness (QED) is 0.249. The van der Waals surface area contributed by atoms with Crippen LogP contribution in [-0.2, 0) is 0 Å². The van der Waals surface area contributed by atoms with Crippen LogP contribution in [0.15, 0.2) is 12.2 Å². The van der Waals surface area contributed by atoms with E-state index in [1.165, 1.54) is 12.2 Å². The summed E-state index contributed by atoms with van der Waals surface area (Å²) in [5.74, 6) is 0. The third-order valence-electron chi connectivity index (χ3n) is 0.111. The Bertz CT molecular complexity index is 28.5. The normalized spacial score (nSPS) is 3.80. The van der Waals surface area contributed by atoms with Crippen LogP contribution >= 0.6 is 0 Å². The fourth-order valence-electron chi connectivity index (χ4n) is 0. The molecule has 1 heteroatoms. The highest BCUT2D eigenvalue weighted by Crippen LogP contribution is 1.51. The highest BCUT2D eigenvalue weighted by molar-refractivity contribution is 5.75. The summed E-state index contributed by atoms with van der Waals surface area (Å²) in [5.41, 5.74) is 0. The van der Waals surface area contributed by atoms with E-state index in [1.807, 2.05) is 0 Å². The van der Waals surface area contributed by atoms with E-state index < -0.39 is 0 Å². The second-order valence-electron chi connectivity index (χ2n) is 0.385. The van der Waals surface area contributed by atoms with Gasteiger partial charge in [-0.3, -0.25) is 0 Å². The second kappa shape index (κ2) is 9.06. The first kappa shape index (κ1) is 8.87. The summed E-state index contributed by atoms with van der Waals surface area (Å²) in [6.07, 6.45) is 2.56. The Morgan fingerprint density at radius 1 is 1.80 bits per heavy atom. The predicted octanol–water partition coefficient (Wildman–Crippen LogP) is 0.830. The minimum absolute atomic E-state index is 0. The molecule has 0 aromatic carbocycles. The number of allylic oxidation sites excluding steroid dienone is 2. The molecule has 0 N–H and O–H groups in total. The van der Waals surface area contributed by atoms with Crippen molar-refractivity contribution in [3.8, 4) is 0 Å². The van der Waals surface area contributed by atoms with Gasteiger partial charge in [-0.2, -0.15) is 6.58 Å².